The fourth-order valence-corrected chi connectivity index (χ4v) is 1.77. The fourth-order valence-electron chi connectivity index (χ4n) is 1.77. The van der Waals surface area contributed by atoms with E-state index in [-0.39, 0.29) is 5.91 Å². The van der Waals surface area contributed by atoms with Crippen molar-refractivity contribution in [1.82, 2.24) is 5.32 Å². The van der Waals surface area contributed by atoms with E-state index in [1.807, 2.05) is 19.9 Å². The van der Waals surface area contributed by atoms with Gasteiger partial charge in [-0.25, -0.2) is 0 Å². The van der Waals surface area contributed by atoms with Crippen molar-refractivity contribution in [2.45, 2.75) is 45.6 Å². The molecule has 0 aromatic heterocycles. The maximum Gasteiger partial charge on any atom is 0.224 e. The van der Waals surface area contributed by atoms with Gasteiger partial charge in [0.25, 0.3) is 0 Å². The Morgan fingerprint density at radius 1 is 1.62 bits per heavy atom. The monoisotopic (exact) mass is 224 g/mol. The predicted octanol–water partition coefficient (Wildman–Crippen LogP) is 1.83. The smallest absolute Gasteiger partial charge is 0.224 e. The highest BCUT2D eigenvalue weighted by Gasteiger charge is 2.32. The number of primary amides is 1. The van der Waals surface area contributed by atoms with E-state index >= 15 is 0 Å². The quantitative estimate of drug-likeness (QED) is 0.618. The summed E-state index contributed by atoms with van der Waals surface area (Å²) in [6, 6.07) is 0.525. The largest absolute Gasteiger partial charge is 0.369 e. The van der Waals surface area contributed by atoms with E-state index in [0.717, 1.165) is 18.8 Å². The Bertz CT molecular complexity index is 257. The van der Waals surface area contributed by atoms with E-state index < -0.39 is 5.41 Å². The molecule has 3 heteroatoms. The number of rotatable bonds is 8. The summed E-state index contributed by atoms with van der Waals surface area (Å²) in [5.74, 6) is 0.557. The highest BCUT2D eigenvalue weighted by atomic mass is 16.1. The second-order valence-corrected chi connectivity index (χ2v) is 5.44. The van der Waals surface area contributed by atoms with Crippen LogP contribution in [-0.2, 0) is 4.79 Å². The zero-order chi connectivity index (χ0) is 12.2. The van der Waals surface area contributed by atoms with Gasteiger partial charge in [-0.1, -0.05) is 6.08 Å². The van der Waals surface area contributed by atoms with Crippen LogP contribution in [0.15, 0.2) is 12.7 Å². The lowest BCUT2D eigenvalue weighted by molar-refractivity contribution is -0.125. The molecule has 0 spiro atoms. The van der Waals surface area contributed by atoms with Crippen molar-refractivity contribution in [2.24, 2.45) is 17.1 Å². The molecule has 0 aromatic rings. The van der Waals surface area contributed by atoms with Crippen molar-refractivity contribution < 1.29 is 4.79 Å². The van der Waals surface area contributed by atoms with Crippen molar-refractivity contribution in [3.63, 3.8) is 0 Å². The summed E-state index contributed by atoms with van der Waals surface area (Å²) < 4.78 is 0. The number of carbonyl (C=O) groups excluding carboxylic acids is 1. The lowest BCUT2D eigenvalue weighted by atomic mass is 9.92. The zero-order valence-corrected chi connectivity index (χ0v) is 10.5. The van der Waals surface area contributed by atoms with E-state index in [0.29, 0.717) is 12.6 Å². The molecule has 1 aliphatic carbocycles. The van der Waals surface area contributed by atoms with E-state index in [9.17, 15) is 4.79 Å². The van der Waals surface area contributed by atoms with Gasteiger partial charge in [0.05, 0.1) is 5.41 Å². The number of amides is 1. The molecule has 0 radical (unpaired) electrons. The summed E-state index contributed by atoms with van der Waals surface area (Å²) in [6.45, 7) is 8.19. The minimum absolute atomic E-state index is 0.238. The van der Waals surface area contributed by atoms with Crippen LogP contribution in [0.4, 0.5) is 0 Å². The maximum atomic E-state index is 11.2. The van der Waals surface area contributed by atoms with E-state index in [4.69, 9.17) is 5.73 Å². The molecule has 0 bridgehead atoms. The van der Waals surface area contributed by atoms with Gasteiger partial charge in [-0.3, -0.25) is 4.79 Å². The van der Waals surface area contributed by atoms with Crippen LogP contribution in [0, 0.1) is 11.3 Å². The van der Waals surface area contributed by atoms with Crippen molar-refractivity contribution >= 4 is 5.91 Å². The normalized spacial score (nSPS) is 18.1. The lowest BCUT2D eigenvalue weighted by Gasteiger charge is -2.25. The van der Waals surface area contributed by atoms with Crippen molar-refractivity contribution in [1.29, 1.82) is 0 Å². The van der Waals surface area contributed by atoms with Gasteiger partial charge in [0.2, 0.25) is 5.91 Å². The maximum absolute atomic E-state index is 11.2. The van der Waals surface area contributed by atoms with Gasteiger partial charge < -0.3 is 11.1 Å². The Balaban J connectivity index is 2.37. The molecule has 1 unspecified atom stereocenters. The summed E-state index contributed by atoms with van der Waals surface area (Å²) in [5, 5.41) is 3.49. The van der Waals surface area contributed by atoms with Crippen LogP contribution in [0.5, 0.6) is 0 Å². The molecule has 1 aliphatic rings. The Morgan fingerprint density at radius 3 is 2.69 bits per heavy atom. The Kier molecular flexibility index (Phi) is 4.54. The first-order valence-electron chi connectivity index (χ1n) is 6.11. The number of nitrogens with two attached hydrogens (primary N) is 1. The lowest BCUT2D eigenvalue weighted by Crippen LogP contribution is -2.44. The molecule has 0 aromatic carbocycles. The van der Waals surface area contributed by atoms with Gasteiger partial charge in [-0.15, -0.1) is 6.58 Å². The molecule has 0 saturated heterocycles. The highest BCUT2D eigenvalue weighted by molar-refractivity contribution is 5.80. The van der Waals surface area contributed by atoms with E-state index in [1.165, 1.54) is 12.8 Å². The first-order chi connectivity index (χ1) is 7.47. The second kappa shape index (κ2) is 5.48. The minimum Gasteiger partial charge on any atom is -0.369 e. The minimum atomic E-state index is -0.457. The molecule has 0 heterocycles. The van der Waals surface area contributed by atoms with Crippen LogP contribution in [0.2, 0.25) is 0 Å². The molecule has 1 atom stereocenters. The molecule has 1 saturated carbocycles. The third-order valence-electron chi connectivity index (χ3n) is 3.35. The fraction of sp³-hybridized carbons (Fsp3) is 0.769. The van der Waals surface area contributed by atoms with Gasteiger partial charge in [0, 0.05) is 12.6 Å². The van der Waals surface area contributed by atoms with Crippen LogP contribution in [-0.4, -0.2) is 18.5 Å². The number of allylic oxidation sites excluding steroid dienone is 1. The van der Waals surface area contributed by atoms with Gasteiger partial charge in [-0.2, -0.15) is 0 Å². The summed E-state index contributed by atoms with van der Waals surface area (Å²) in [4.78, 5) is 11.2. The van der Waals surface area contributed by atoms with Gasteiger partial charge in [0.1, 0.15) is 0 Å². The van der Waals surface area contributed by atoms with E-state index in [1.54, 1.807) is 0 Å². The molecule has 16 heavy (non-hydrogen) atoms. The average Bonchev–Trinajstić information content (AvgIpc) is 3.01. The van der Waals surface area contributed by atoms with Crippen LogP contribution in [0.3, 0.4) is 0 Å². The third-order valence-corrected chi connectivity index (χ3v) is 3.35. The van der Waals surface area contributed by atoms with Crippen LogP contribution in [0.25, 0.3) is 0 Å². The Labute approximate surface area is 98.5 Å². The van der Waals surface area contributed by atoms with Crippen molar-refractivity contribution in [3.8, 4) is 0 Å². The molecule has 0 aliphatic heterocycles. The SMILES string of the molecule is C=CCCC(NCC(C)(C)C(N)=O)C1CC1. The van der Waals surface area contributed by atoms with Gasteiger partial charge >= 0.3 is 0 Å². The molecule has 92 valence electrons. The first kappa shape index (κ1) is 13.2. The predicted molar refractivity (Wildman–Crippen MR) is 66.9 cm³/mol. The van der Waals surface area contributed by atoms with Gasteiger partial charge in [0.15, 0.2) is 0 Å². The van der Waals surface area contributed by atoms with Crippen molar-refractivity contribution in [3.05, 3.63) is 12.7 Å². The van der Waals surface area contributed by atoms with Crippen LogP contribution < -0.4 is 11.1 Å². The molecule has 3 N–H and O–H groups in total. The Morgan fingerprint density at radius 2 is 2.25 bits per heavy atom. The summed E-state index contributed by atoms with van der Waals surface area (Å²) in [7, 11) is 0. The standard InChI is InChI=1S/C13H24N2O/c1-4-5-6-11(10-7-8-10)15-9-13(2,3)12(14)16/h4,10-11,15H,1,5-9H2,2-3H3,(H2,14,16). The highest BCUT2D eigenvalue weighted by Crippen LogP contribution is 2.34. The third kappa shape index (κ3) is 3.97. The molecule has 3 nitrogen and oxygen atoms in total. The average molecular weight is 224 g/mol. The topological polar surface area (TPSA) is 55.1 Å². The van der Waals surface area contributed by atoms with Crippen LogP contribution in [0.1, 0.15) is 39.5 Å². The number of hydrogen-bond acceptors (Lipinski definition) is 2. The summed E-state index contributed by atoms with van der Waals surface area (Å²) >= 11 is 0. The molecular weight excluding hydrogens is 200 g/mol. The molecular formula is C13H24N2O. The van der Waals surface area contributed by atoms with Crippen molar-refractivity contribution in [2.75, 3.05) is 6.54 Å². The van der Waals surface area contributed by atoms with Crippen LogP contribution >= 0.6 is 0 Å². The second-order valence-electron chi connectivity index (χ2n) is 5.44. The summed E-state index contributed by atoms with van der Waals surface area (Å²) in [6.07, 6.45) is 6.72. The number of carbonyl (C=O) groups is 1. The molecule has 1 rings (SSSR count). The first-order valence-corrected chi connectivity index (χ1v) is 6.11. The number of hydrogen-bond donors (Lipinski definition) is 2. The number of nitrogens with one attached hydrogen (secondary N) is 1. The molecule has 1 amide bonds. The Hall–Kier alpha value is -0.830. The molecule has 1 fully saturated rings. The summed E-state index contributed by atoms with van der Waals surface area (Å²) in [5.41, 5.74) is 4.90. The van der Waals surface area contributed by atoms with E-state index in [2.05, 4.69) is 11.9 Å². The zero-order valence-electron chi connectivity index (χ0n) is 10.5. The van der Waals surface area contributed by atoms with Gasteiger partial charge in [-0.05, 0) is 45.4 Å².